The second-order valence-electron chi connectivity index (χ2n) is 8.51. The highest BCUT2D eigenvalue weighted by Crippen LogP contribution is 2.27. The summed E-state index contributed by atoms with van der Waals surface area (Å²) in [5, 5.41) is 7.19. The van der Waals surface area contributed by atoms with E-state index in [4.69, 9.17) is 9.72 Å². The lowest BCUT2D eigenvalue weighted by atomic mass is 9.95. The molecule has 0 saturated heterocycles. The van der Waals surface area contributed by atoms with Crippen LogP contribution in [0.1, 0.15) is 32.2 Å². The summed E-state index contributed by atoms with van der Waals surface area (Å²) < 4.78 is 8.09. The maximum atomic E-state index is 13.4. The van der Waals surface area contributed by atoms with Crippen molar-refractivity contribution in [1.82, 2.24) is 9.66 Å². The molecule has 4 aromatic rings. The van der Waals surface area contributed by atoms with Gasteiger partial charge in [-0.05, 0) is 35.0 Å². The molecule has 4 rings (SSSR count). The normalized spacial score (nSPS) is 12.0. The lowest BCUT2D eigenvalue weighted by Gasteiger charge is -2.21. The zero-order valence-electron chi connectivity index (χ0n) is 18.3. The third-order valence-corrected chi connectivity index (χ3v) is 5.56. The molecule has 0 spiro atoms. The van der Waals surface area contributed by atoms with Gasteiger partial charge in [0.1, 0.15) is 18.2 Å². The van der Waals surface area contributed by atoms with Crippen molar-refractivity contribution in [3.63, 3.8) is 0 Å². The SMILES string of the molecule is C=CCOc1ccc2ccccc2c1C=Nn1c(C(C)(C)C)nc2ccc(Br)cc2c1=O. The zero-order chi connectivity index (χ0) is 22.9. The summed E-state index contributed by atoms with van der Waals surface area (Å²) >= 11 is 3.45. The maximum absolute atomic E-state index is 13.4. The summed E-state index contributed by atoms with van der Waals surface area (Å²) in [4.78, 5) is 18.2. The Morgan fingerprint density at radius 2 is 1.91 bits per heavy atom. The average molecular weight is 490 g/mol. The molecule has 3 aromatic carbocycles. The Bertz CT molecular complexity index is 1410. The molecule has 6 heteroatoms. The van der Waals surface area contributed by atoms with Crippen LogP contribution in [0.2, 0.25) is 0 Å². The minimum absolute atomic E-state index is 0.216. The summed E-state index contributed by atoms with van der Waals surface area (Å²) in [6.45, 7) is 10.2. The summed E-state index contributed by atoms with van der Waals surface area (Å²) in [5.74, 6) is 1.26. The number of benzene rings is 3. The van der Waals surface area contributed by atoms with Crippen molar-refractivity contribution in [2.24, 2.45) is 5.10 Å². The highest BCUT2D eigenvalue weighted by molar-refractivity contribution is 9.10. The van der Waals surface area contributed by atoms with Crippen molar-refractivity contribution in [3.8, 4) is 5.75 Å². The van der Waals surface area contributed by atoms with Gasteiger partial charge >= 0.3 is 0 Å². The second-order valence-corrected chi connectivity index (χ2v) is 9.42. The minimum Gasteiger partial charge on any atom is -0.489 e. The van der Waals surface area contributed by atoms with Crippen LogP contribution < -0.4 is 10.3 Å². The lowest BCUT2D eigenvalue weighted by molar-refractivity contribution is 0.363. The lowest BCUT2D eigenvalue weighted by Crippen LogP contribution is -2.29. The van der Waals surface area contributed by atoms with Crippen LogP contribution in [0.15, 0.2) is 81.6 Å². The Hall–Kier alpha value is -3.25. The first kappa shape index (κ1) is 22.0. The molecule has 0 N–H and O–H groups in total. The Morgan fingerprint density at radius 1 is 1.12 bits per heavy atom. The predicted molar refractivity (Wildman–Crippen MR) is 135 cm³/mol. The molecule has 5 nitrogen and oxygen atoms in total. The van der Waals surface area contributed by atoms with E-state index in [1.165, 1.54) is 4.68 Å². The van der Waals surface area contributed by atoms with E-state index >= 15 is 0 Å². The summed E-state index contributed by atoms with van der Waals surface area (Å²) in [6.07, 6.45) is 3.38. The number of halogens is 1. The molecule has 162 valence electrons. The molecular formula is C26H24BrN3O2. The Balaban J connectivity index is 1.96. The first-order chi connectivity index (χ1) is 15.3. The van der Waals surface area contributed by atoms with Crippen LogP contribution in [0.25, 0.3) is 21.7 Å². The predicted octanol–water partition coefficient (Wildman–Crippen LogP) is 6.06. The van der Waals surface area contributed by atoms with E-state index in [1.54, 1.807) is 18.4 Å². The van der Waals surface area contributed by atoms with Crippen LogP contribution in [-0.4, -0.2) is 22.5 Å². The van der Waals surface area contributed by atoms with Crippen molar-refractivity contribution >= 4 is 43.8 Å². The van der Waals surface area contributed by atoms with E-state index in [0.29, 0.717) is 29.1 Å². The topological polar surface area (TPSA) is 56.5 Å². The molecule has 0 aliphatic carbocycles. The van der Waals surface area contributed by atoms with Crippen LogP contribution >= 0.6 is 15.9 Å². The van der Waals surface area contributed by atoms with Gasteiger partial charge in [0, 0.05) is 15.5 Å². The molecule has 0 saturated carbocycles. The number of aromatic nitrogens is 2. The molecule has 1 heterocycles. The summed E-state index contributed by atoms with van der Waals surface area (Å²) in [6, 6.07) is 17.4. The number of hydrogen-bond donors (Lipinski definition) is 0. The van der Waals surface area contributed by atoms with Gasteiger partial charge in [0.2, 0.25) is 0 Å². The van der Waals surface area contributed by atoms with Crippen molar-refractivity contribution < 1.29 is 4.74 Å². The monoisotopic (exact) mass is 489 g/mol. The van der Waals surface area contributed by atoms with Gasteiger partial charge in [0.15, 0.2) is 0 Å². The Kier molecular flexibility index (Phi) is 5.98. The van der Waals surface area contributed by atoms with Crippen molar-refractivity contribution in [1.29, 1.82) is 0 Å². The Labute approximate surface area is 195 Å². The molecule has 0 fully saturated rings. The van der Waals surface area contributed by atoms with Crippen molar-refractivity contribution in [3.05, 3.63) is 93.5 Å². The molecule has 0 bridgehead atoms. The van der Waals surface area contributed by atoms with Gasteiger partial charge in [0.25, 0.3) is 5.56 Å². The first-order valence-electron chi connectivity index (χ1n) is 10.3. The van der Waals surface area contributed by atoms with Crippen LogP contribution in [-0.2, 0) is 5.41 Å². The van der Waals surface area contributed by atoms with E-state index in [1.807, 2.05) is 69.3 Å². The second kappa shape index (κ2) is 8.71. The standard InChI is InChI=1S/C26H24BrN3O2/c1-5-14-32-23-13-10-17-8-6-7-9-19(17)21(23)16-28-30-24(31)20-15-18(27)11-12-22(20)29-25(30)26(2,3)4/h5-13,15-16H,1,14H2,2-4H3. The molecular weight excluding hydrogens is 466 g/mol. The van der Waals surface area contributed by atoms with Crippen molar-refractivity contribution in [2.75, 3.05) is 6.61 Å². The third kappa shape index (κ3) is 4.23. The molecule has 0 unspecified atom stereocenters. The molecule has 0 aliphatic heterocycles. The van der Waals surface area contributed by atoms with Gasteiger partial charge in [-0.25, -0.2) is 4.98 Å². The van der Waals surface area contributed by atoms with E-state index in [0.717, 1.165) is 20.8 Å². The Morgan fingerprint density at radius 3 is 2.66 bits per heavy atom. The molecule has 32 heavy (non-hydrogen) atoms. The first-order valence-corrected chi connectivity index (χ1v) is 11.1. The largest absolute Gasteiger partial charge is 0.489 e. The average Bonchev–Trinajstić information content (AvgIpc) is 2.76. The van der Waals surface area contributed by atoms with Gasteiger partial charge in [0.05, 0.1) is 17.1 Å². The fraction of sp³-hybridized carbons (Fsp3) is 0.192. The highest BCUT2D eigenvalue weighted by atomic mass is 79.9. The molecule has 1 aromatic heterocycles. The van der Waals surface area contributed by atoms with Gasteiger partial charge in [-0.1, -0.05) is 79.7 Å². The summed E-state index contributed by atoms with van der Waals surface area (Å²) in [5.41, 5.74) is 0.839. The number of rotatable bonds is 5. The number of ether oxygens (including phenoxy) is 1. The number of nitrogens with zero attached hydrogens (tertiary/aromatic N) is 3. The van der Waals surface area contributed by atoms with E-state index in [-0.39, 0.29) is 5.56 Å². The van der Waals surface area contributed by atoms with Crippen LogP contribution in [0.5, 0.6) is 5.75 Å². The quantitative estimate of drug-likeness (QED) is 0.253. The molecule has 0 atom stereocenters. The summed E-state index contributed by atoms with van der Waals surface area (Å²) in [7, 11) is 0. The molecule has 0 amide bonds. The van der Waals surface area contributed by atoms with E-state index in [2.05, 4.69) is 27.6 Å². The van der Waals surface area contributed by atoms with Gasteiger partial charge in [-0.3, -0.25) is 4.79 Å². The van der Waals surface area contributed by atoms with Gasteiger partial charge < -0.3 is 4.74 Å². The fourth-order valence-electron chi connectivity index (χ4n) is 3.54. The van der Waals surface area contributed by atoms with E-state index in [9.17, 15) is 4.79 Å². The maximum Gasteiger partial charge on any atom is 0.282 e. The van der Waals surface area contributed by atoms with Crippen LogP contribution in [0, 0.1) is 0 Å². The highest BCUT2D eigenvalue weighted by Gasteiger charge is 2.23. The van der Waals surface area contributed by atoms with Crippen LogP contribution in [0.4, 0.5) is 0 Å². The smallest absolute Gasteiger partial charge is 0.282 e. The van der Waals surface area contributed by atoms with Crippen LogP contribution in [0.3, 0.4) is 0 Å². The third-order valence-electron chi connectivity index (χ3n) is 5.07. The molecule has 0 radical (unpaired) electrons. The van der Waals surface area contributed by atoms with Crippen molar-refractivity contribution in [2.45, 2.75) is 26.2 Å². The number of hydrogen-bond acceptors (Lipinski definition) is 4. The van der Waals surface area contributed by atoms with Gasteiger partial charge in [-0.2, -0.15) is 9.78 Å². The minimum atomic E-state index is -0.390. The fourth-order valence-corrected chi connectivity index (χ4v) is 3.90. The molecule has 0 aliphatic rings. The zero-order valence-corrected chi connectivity index (χ0v) is 19.9. The van der Waals surface area contributed by atoms with E-state index < -0.39 is 5.41 Å². The van der Waals surface area contributed by atoms with Gasteiger partial charge in [-0.15, -0.1) is 0 Å². The number of fused-ring (bicyclic) bond motifs is 2.